The number of azo groups is 1. The van der Waals surface area contributed by atoms with Gasteiger partial charge in [-0.2, -0.15) is 5.11 Å². The van der Waals surface area contributed by atoms with E-state index in [2.05, 4.69) is 71.8 Å². The molecule has 1 atom stereocenters. The van der Waals surface area contributed by atoms with Gasteiger partial charge in [-0.15, -0.1) is 20.6 Å². The molecule has 4 rings (SSSR count). The number of nitrogens with zero attached hydrogens (tertiary/aromatic N) is 3. The molecule has 0 aliphatic carbocycles. The highest BCUT2D eigenvalue weighted by atomic mass is 32.2. The van der Waals surface area contributed by atoms with Gasteiger partial charge in [-0.25, -0.2) is 0 Å². The van der Waals surface area contributed by atoms with Crippen LogP contribution in [0.5, 0.6) is 0 Å². The lowest BCUT2D eigenvalue weighted by Gasteiger charge is -2.31. The molecule has 0 saturated heterocycles. The molecule has 2 aromatic carbocycles. The molecule has 0 spiro atoms. The summed E-state index contributed by atoms with van der Waals surface area (Å²) >= 11 is 0. The van der Waals surface area contributed by atoms with Crippen LogP contribution in [-0.4, -0.2) is 22.0 Å². The maximum atomic E-state index is 4.38. The van der Waals surface area contributed by atoms with Crippen molar-refractivity contribution < 1.29 is 0 Å². The minimum absolute atomic E-state index is 0.0202. The van der Waals surface area contributed by atoms with Crippen molar-refractivity contribution in [3.05, 3.63) is 35.9 Å². The minimum atomic E-state index is -0.0202. The number of hydrogen-bond donors (Lipinski definition) is 1. The third-order valence-electron chi connectivity index (χ3n) is 4.20. The van der Waals surface area contributed by atoms with E-state index in [1.54, 1.807) is 0 Å². The molecule has 114 valence electrons. The summed E-state index contributed by atoms with van der Waals surface area (Å²) in [5.74, 6) is 0. The van der Waals surface area contributed by atoms with E-state index >= 15 is 0 Å². The third kappa shape index (κ3) is 2.00. The van der Waals surface area contributed by atoms with E-state index in [-0.39, 0.29) is 10.5 Å². The summed E-state index contributed by atoms with van der Waals surface area (Å²) in [4.78, 5) is 1.36. The van der Waals surface area contributed by atoms with Crippen LogP contribution in [0.25, 0.3) is 10.8 Å². The first-order valence-electron chi connectivity index (χ1n) is 7.76. The van der Waals surface area contributed by atoms with Crippen molar-refractivity contribution in [2.24, 2.45) is 10.2 Å². The summed E-state index contributed by atoms with van der Waals surface area (Å²) in [5.41, 5.74) is 6.15. The Bertz CT molecular complexity index is 823. The fraction of sp³-hybridized carbons (Fsp3) is 0.353. The molecule has 0 amide bonds. The van der Waals surface area contributed by atoms with Gasteiger partial charge < -0.3 is 5.43 Å². The first kappa shape index (κ1) is 13.9. The zero-order valence-corrected chi connectivity index (χ0v) is 13.9. The van der Waals surface area contributed by atoms with Crippen LogP contribution in [0.1, 0.15) is 26.3 Å². The zero-order chi connectivity index (χ0) is 15.3. The number of rotatable bonds is 2. The first-order valence-corrected chi connectivity index (χ1v) is 9.05. The highest BCUT2D eigenvalue weighted by molar-refractivity contribution is 8.16. The SMILES string of the molecule is CCc1ccc2c3c(ccc2c1)S(C(C)C)=C1N=NCN1N3. The molecule has 0 aromatic heterocycles. The maximum Gasteiger partial charge on any atom is 0.180 e. The van der Waals surface area contributed by atoms with E-state index in [0.717, 1.165) is 11.5 Å². The molecule has 1 N–H and O–H groups in total. The lowest BCUT2D eigenvalue weighted by Crippen LogP contribution is -2.35. The van der Waals surface area contributed by atoms with Crippen molar-refractivity contribution in [3.63, 3.8) is 0 Å². The highest BCUT2D eigenvalue weighted by Crippen LogP contribution is 2.46. The second-order valence-corrected chi connectivity index (χ2v) is 8.36. The van der Waals surface area contributed by atoms with Crippen LogP contribution in [0.3, 0.4) is 0 Å². The molecule has 4 nitrogen and oxygen atoms in total. The molecule has 2 heterocycles. The Morgan fingerprint density at radius 3 is 2.91 bits per heavy atom. The van der Waals surface area contributed by atoms with E-state index in [9.17, 15) is 0 Å². The largest absolute Gasteiger partial charge is 0.309 e. The van der Waals surface area contributed by atoms with Crippen molar-refractivity contribution in [1.82, 2.24) is 5.01 Å². The molecule has 2 aromatic rings. The predicted molar refractivity (Wildman–Crippen MR) is 94.5 cm³/mol. The summed E-state index contributed by atoms with van der Waals surface area (Å²) in [6, 6.07) is 11.3. The number of hydrogen-bond acceptors (Lipinski definition) is 4. The second-order valence-electron chi connectivity index (χ2n) is 5.94. The molecule has 5 heteroatoms. The monoisotopic (exact) mass is 312 g/mol. The fourth-order valence-corrected chi connectivity index (χ4v) is 5.29. The molecule has 0 saturated carbocycles. The molecule has 22 heavy (non-hydrogen) atoms. The van der Waals surface area contributed by atoms with Gasteiger partial charge >= 0.3 is 0 Å². The van der Waals surface area contributed by atoms with E-state index < -0.39 is 0 Å². The maximum absolute atomic E-state index is 4.38. The fourth-order valence-electron chi connectivity index (χ4n) is 3.09. The molecule has 0 radical (unpaired) electrons. The lowest BCUT2D eigenvalue weighted by atomic mass is 10.0. The average molecular weight is 312 g/mol. The van der Waals surface area contributed by atoms with E-state index in [1.807, 2.05) is 0 Å². The molecule has 0 bridgehead atoms. The number of anilines is 1. The molecule has 2 aliphatic rings. The second kappa shape index (κ2) is 5.18. The van der Waals surface area contributed by atoms with Crippen LogP contribution < -0.4 is 5.43 Å². The molecule has 2 aliphatic heterocycles. The quantitative estimate of drug-likeness (QED) is 0.824. The summed E-state index contributed by atoms with van der Waals surface area (Å²) in [5, 5.41) is 14.9. The lowest BCUT2D eigenvalue weighted by molar-refractivity contribution is 0.541. The summed E-state index contributed by atoms with van der Waals surface area (Å²) in [6.07, 6.45) is 1.07. The van der Waals surface area contributed by atoms with E-state index in [0.29, 0.717) is 11.9 Å². The van der Waals surface area contributed by atoms with Gasteiger partial charge in [0.15, 0.2) is 5.11 Å². The van der Waals surface area contributed by atoms with Crippen LogP contribution in [-0.2, 0) is 6.42 Å². The van der Waals surface area contributed by atoms with Gasteiger partial charge in [0.1, 0.15) is 6.67 Å². The summed E-state index contributed by atoms with van der Waals surface area (Å²) in [7, 11) is -0.0202. The normalized spacial score (nSPS) is 20.4. The van der Waals surface area contributed by atoms with Crippen LogP contribution >= 0.6 is 10.5 Å². The van der Waals surface area contributed by atoms with Crippen molar-refractivity contribution in [3.8, 4) is 0 Å². The predicted octanol–water partition coefficient (Wildman–Crippen LogP) is 4.59. The smallest absolute Gasteiger partial charge is 0.180 e. The third-order valence-corrected chi connectivity index (χ3v) is 6.65. The molecular formula is C17H20N4S. The van der Waals surface area contributed by atoms with Crippen molar-refractivity contribution in [1.29, 1.82) is 0 Å². The van der Waals surface area contributed by atoms with Crippen molar-refractivity contribution in [2.75, 3.05) is 12.1 Å². The minimum Gasteiger partial charge on any atom is -0.309 e. The zero-order valence-electron chi connectivity index (χ0n) is 13.1. The highest BCUT2D eigenvalue weighted by Gasteiger charge is 2.29. The number of hydrazine groups is 1. The Kier molecular flexibility index (Phi) is 3.27. The Morgan fingerprint density at radius 1 is 1.27 bits per heavy atom. The van der Waals surface area contributed by atoms with Crippen LogP contribution in [0.15, 0.2) is 45.5 Å². The average Bonchev–Trinajstić information content (AvgIpc) is 2.99. The Morgan fingerprint density at radius 2 is 2.14 bits per heavy atom. The number of fused-ring (bicyclic) bond motifs is 4. The molecule has 1 unspecified atom stereocenters. The van der Waals surface area contributed by atoms with Crippen molar-refractivity contribution >= 4 is 32.1 Å². The number of nitrogens with one attached hydrogen (secondary N) is 1. The molecule has 0 fully saturated rings. The van der Waals surface area contributed by atoms with Crippen LogP contribution in [0.4, 0.5) is 5.69 Å². The van der Waals surface area contributed by atoms with E-state index in [4.69, 9.17) is 0 Å². The van der Waals surface area contributed by atoms with E-state index in [1.165, 1.54) is 26.9 Å². The standard InChI is InChI=1S/C17H20N4S/c1-4-12-5-7-14-13(9-12)6-8-15-16(14)20-21-10-18-19-17(21)22(15)11(2)3/h5-9,11,20H,4,10H2,1-3H3. The Balaban J connectivity index is 1.98. The Labute approximate surface area is 133 Å². The number of aryl methyl sites for hydroxylation is 1. The van der Waals surface area contributed by atoms with Gasteiger partial charge in [-0.3, -0.25) is 0 Å². The van der Waals surface area contributed by atoms with Crippen LogP contribution in [0.2, 0.25) is 0 Å². The van der Waals surface area contributed by atoms with Crippen molar-refractivity contribution in [2.45, 2.75) is 37.3 Å². The summed E-state index contributed by atoms with van der Waals surface area (Å²) in [6.45, 7) is 7.33. The van der Waals surface area contributed by atoms with Gasteiger partial charge in [-0.1, -0.05) is 45.0 Å². The van der Waals surface area contributed by atoms with Gasteiger partial charge in [0, 0.05) is 15.5 Å². The van der Waals surface area contributed by atoms with Gasteiger partial charge in [-0.05, 0) is 23.4 Å². The topological polar surface area (TPSA) is 40.0 Å². The summed E-state index contributed by atoms with van der Waals surface area (Å²) < 4.78 is 0. The van der Waals surface area contributed by atoms with Gasteiger partial charge in [0.05, 0.1) is 5.69 Å². The first-order chi connectivity index (χ1) is 10.7. The molecular weight excluding hydrogens is 292 g/mol. The number of benzene rings is 2. The Hall–Kier alpha value is -1.72. The van der Waals surface area contributed by atoms with Gasteiger partial charge in [0.25, 0.3) is 0 Å². The van der Waals surface area contributed by atoms with Gasteiger partial charge in [0.2, 0.25) is 0 Å². The van der Waals surface area contributed by atoms with Crippen LogP contribution in [0, 0.1) is 0 Å².